The van der Waals surface area contributed by atoms with E-state index >= 15 is 0 Å². The molecule has 1 aliphatic carbocycles. The maximum absolute atomic E-state index is 13.7. The zero-order valence-electron chi connectivity index (χ0n) is 15.5. The van der Waals surface area contributed by atoms with E-state index in [1.54, 1.807) is 24.3 Å². The highest BCUT2D eigenvalue weighted by Gasteiger charge is 2.74. The first-order chi connectivity index (χ1) is 13.5. The molecule has 2 aromatic rings. The Balaban J connectivity index is 1.79. The van der Waals surface area contributed by atoms with Gasteiger partial charge in [-0.3, -0.25) is 24.6 Å². The van der Waals surface area contributed by atoms with Gasteiger partial charge in [0, 0.05) is 22.6 Å². The highest BCUT2D eigenvalue weighted by atomic mass is 16.6. The molecule has 1 spiro atoms. The lowest BCUT2D eigenvalue weighted by atomic mass is 9.73. The zero-order valence-corrected chi connectivity index (χ0v) is 15.5. The van der Waals surface area contributed by atoms with E-state index in [4.69, 9.17) is 0 Å². The molecule has 142 valence electrons. The van der Waals surface area contributed by atoms with Gasteiger partial charge in [-0.2, -0.15) is 0 Å². The number of rotatable bonds is 2. The van der Waals surface area contributed by atoms with E-state index in [0.717, 1.165) is 12.0 Å². The molecule has 2 fully saturated rings. The number of Topliss-reactive ketones (excluding diaryl/α,β-unsaturated/α-hetero) is 2. The average molecular weight is 376 g/mol. The van der Waals surface area contributed by atoms with Crippen molar-refractivity contribution in [2.24, 2.45) is 0 Å². The van der Waals surface area contributed by atoms with Gasteiger partial charge < -0.3 is 0 Å². The van der Waals surface area contributed by atoms with Gasteiger partial charge in [-0.15, -0.1) is 0 Å². The topological polar surface area (TPSA) is 80.5 Å². The molecule has 2 heterocycles. The Morgan fingerprint density at radius 1 is 1.04 bits per heavy atom. The van der Waals surface area contributed by atoms with E-state index in [1.807, 2.05) is 36.1 Å². The highest BCUT2D eigenvalue weighted by Crippen LogP contribution is 2.55. The molecular weight excluding hydrogens is 356 g/mol. The number of benzene rings is 2. The number of carbonyl (C=O) groups is 2. The number of nitro groups is 1. The van der Waals surface area contributed by atoms with Gasteiger partial charge in [0.1, 0.15) is 0 Å². The molecule has 2 aromatic carbocycles. The summed E-state index contributed by atoms with van der Waals surface area (Å²) in [5.41, 5.74) is 0.994. The molecule has 0 amide bonds. The second-order valence-corrected chi connectivity index (χ2v) is 8.04. The largest absolute Gasteiger partial charge is 0.291 e. The van der Waals surface area contributed by atoms with E-state index in [0.29, 0.717) is 29.7 Å². The molecule has 28 heavy (non-hydrogen) atoms. The Labute approximate surface area is 162 Å². The van der Waals surface area contributed by atoms with Crippen LogP contribution in [-0.2, 0) is 0 Å². The summed E-state index contributed by atoms with van der Waals surface area (Å²) in [6.45, 7) is 2.47. The molecule has 0 radical (unpaired) electrons. The van der Waals surface area contributed by atoms with Crippen molar-refractivity contribution >= 4 is 11.6 Å². The van der Waals surface area contributed by atoms with E-state index in [1.165, 1.54) is 0 Å². The predicted molar refractivity (Wildman–Crippen MR) is 102 cm³/mol. The summed E-state index contributed by atoms with van der Waals surface area (Å²) in [4.78, 5) is 41.2. The molecule has 6 heteroatoms. The molecule has 3 atom stereocenters. The number of hydrogen-bond donors (Lipinski definition) is 0. The first kappa shape index (κ1) is 17.3. The van der Waals surface area contributed by atoms with Crippen LogP contribution >= 0.6 is 0 Å². The SMILES string of the molecule is Cc1ccc([C@@H]2[C@@H]([N+](=O)[O-])[C@H]3CCCN3C23C(=O)c2ccccc2C3=O)cc1. The van der Waals surface area contributed by atoms with Gasteiger partial charge in [-0.1, -0.05) is 54.1 Å². The normalized spacial score (nSPS) is 28.0. The average Bonchev–Trinajstić information content (AvgIpc) is 3.32. The standard InChI is InChI=1S/C22H20N2O4/c1-13-8-10-14(11-9-13)18-19(24(27)28)17-7-4-12-23(17)22(18)20(25)15-5-2-3-6-16(15)21(22)26/h2-3,5-6,8-11,17-19H,4,7,12H2,1H3/t17-,18-,19+/m1/s1. The first-order valence-corrected chi connectivity index (χ1v) is 9.63. The fourth-order valence-corrected chi connectivity index (χ4v) is 5.64. The Hall–Kier alpha value is -2.86. The van der Waals surface area contributed by atoms with Crippen molar-refractivity contribution in [3.63, 3.8) is 0 Å². The van der Waals surface area contributed by atoms with Gasteiger partial charge in [0.15, 0.2) is 17.1 Å². The monoisotopic (exact) mass is 376 g/mol. The number of ketones is 2. The van der Waals surface area contributed by atoms with Crippen LogP contribution in [0.1, 0.15) is 50.6 Å². The summed E-state index contributed by atoms with van der Waals surface area (Å²) in [7, 11) is 0. The molecule has 2 saturated heterocycles. The second kappa shape index (κ2) is 5.82. The van der Waals surface area contributed by atoms with Crippen LogP contribution in [0.5, 0.6) is 0 Å². The highest BCUT2D eigenvalue weighted by molar-refractivity contribution is 6.33. The lowest BCUT2D eigenvalue weighted by Gasteiger charge is -2.34. The summed E-state index contributed by atoms with van der Waals surface area (Å²) in [6, 6.07) is 12.9. The number of aryl methyl sites for hydroxylation is 1. The maximum atomic E-state index is 13.7. The minimum absolute atomic E-state index is 0.272. The molecule has 0 aromatic heterocycles. The van der Waals surface area contributed by atoms with Gasteiger partial charge in [0.25, 0.3) is 0 Å². The fourth-order valence-electron chi connectivity index (χ4n) is 5.64. The van der Waals surface area contributed by atoms with Crippen LogP contribution in [0.4, 0.5) is 0 Å². The molecule has 3 aliphatic rings. The summed E-state index contributed by atoms with van der Waals surface area (Å²) < 4.78 is 0. The quantitative estimate of drug-likeness (QED) is 0.457. The molecule has 2 aliphatic heterocycles. The molecule has 0 saturated carbocycles. The number of nitrogens with zero attached hydrogens (tertiary/aromatic N) is 2. The van der Waals surface area contributed by atoms with Crippen LogP contribution in [-0.4, -0.2) is 45.6 Å². The summed E-state index contributed by atoms with van der Waals surface area (Å²) in [5.74, 6) is -1.36. The fraction of sp³-hybridized carbons (Fsp3) is 0.364. The Kier molecular flexibility index (Phi) is 3.58. The summed E-state index contributed by atoms with van der Waals surface area (Å²) >= 11 is 0. The van der Waals surface area contributed by atoms with Crippen LogP contribution in [0.15, 0.2) is 48.5 Å². The second-order valence-electron chi connectivity index (χ2n) is 8.04. The third kappa shape index (κ3) is 1.96. The molecule has 6 nitrogen and oxygen atoms in total. The Bertz CT molecular complexity index is 978. The molecule has 0 unspecified atom stereocenters. The lowest BCUT2D eigenvalue weighted by molar-refractivity contribution is -0.527. The van der Waals surface area contributed by atoms with Gasteiger partial charge in [0.05, 0.1) is 12.0 Å². The smallest absolute Gasteiger partial charge is 0.237 e. The van der Waals surface area contributed by atoms with Crippen LogP contribution in [0.2, 0.25) is 0 Å². The van der Waals surface area contributed by atoms with Crippen molar-refractivity contribution in [3.05, 3.63) is 80.9 Å². The van der Waals surface area contributed by atoms with Crippen LogP contribution < -0.4 is 0 Å². The predicted octanol–water partition coefficient (Wildman–Crippen LogP) is 3.02. The van der Waals surface area contributed by atoms with Crippen molar-refractivity contribution in [1.82, 2.24) is 4.90 Å². The zero-order chi connectivity index (χ0) is 19.6. The van der Waals surface area contributed by atoms with Crippen LogP contribution in [0, 0.1) is 17.0 Å². The summed E-state index contributed by atoms with van der Waals surface area (Å²) in [5, 5.41) is 12.2. The Morgan fingerprint density at radius 3 is 2.21 bits per heavy atom. The Morgan fingerprint density at radius 2 is 1.64 bits per heavy atom. The van der Waals surface area contributed by atoms with E-state index in [-0.39, 0.29) is 16.5 Å². The van der Waals surface area contributed by atoms with Crippen molar-refractivity contribution < 1.29 is 14.5 Å². The van der Waals surface area contributed by atoms with Crippen molar-refractivity contribution in [1.29, 1.82) is 0 Å². The summed E-state index contributed by atoms with van der Waals surface area (Å²) in [6.07, 6.45) is 1.39. The van der Waals surface area contributed by atoms with E-state index in [9.17, 15) is 19.7 Å². The van der Waals surface area contributed by atoms with Gasteiger partial charge >= 0.3 is 0 Å². The number of carbonyl (C=O) groups excluding carboxylic acids is 2. The van der Waals surface area contributed by atoms with Crippen molar-refractivity contribution in [2.75, 3.05) is 6.54 Å². The van der Waals surface area contributed by atoms with Crippen LogP contribution in [0.25, 0.3) is 0 Å². The lowest BCUT2D eigenvalue weighted by Crippen LogP contribution is -2.56. The van der Waals surface area contributed by atoms with E-state index in [2.05, 4.69) is 0 Å². The number of hydrogen-bond acceptors (Lipinski definition) is 5. The van der Waals surface area contributed by atoms with Gasteiger partial charge in [-0.05, 0) is 25.3 Å². The van der Waals surface area contributed by atoms with Crippen molar-refractivity contribution in [2.45, 2.75) is 43.3 Å². The van der Waals surface area contributed by atoms with Gasteiger partial charge in [0.2, 0.25) is 6.04 Å². The van der Waals surface area contributed by atoms with Crippen LogP contribution in [0.3, 0.4) is 0 Å². The molecule has 0 bridgehead atoms. The molecular formula is C22H20N2O4. The van der Waals surface area contributed by atoms with E-state index < -0.39 is 23.5 Å². The third-order valence-electron chi connectivity index (χ3n) is 6.73. The minimum atomic E-state index is -1.50. The third-order valence-corrected chi connectivity index (χ3v) is 6.73. The van der Waals surface area contributed by atoms with Gasteiger partial charge in [-0.25, -0.2) is 0 Å². The molecule has 5 rings (SSSR count). The van der Waals surface area contributed by atoms with Crippen molar-refractivity contribution in [3.8, 4) is 0 Å². The maximum Gasteiger partial charge on any atom is 0.237 e. The minimum Gasteiger partial charge on any atom is -0.291 e. The molecule has 0 N–H and O–H groups in total. The number of fused-ring (bicyclic) bond motifs is 3. The first-order valence-electron chi connectivity index (χ1n) is 9.63.